The van der Waals surface area contributed by atoms with Crippen molar-refractivity contribution >= 4 is 34.9 Å². The molecule has 1 saturated heterocycles. The van der Waals surface area contributed by atoms with Crippen LogP contribution in [-0.2, 0) is 23.7 Å². The minimum absolute atomic E-state index is 0.231. The molecule has 0 amide bonds. The van der Waals surface area contributed by atoms with Gasteiger partial charge in [0.2, 0.25) is 0 Å². The summed E-state index contributed by atoms with van der Waals surface area (Å²) in [6.45, 7) is 14.8. The van der Waals surface area contributed by atoms with E-state index in [9.17, 15) is 0 Å². The van der Waals surface area contributed by atoms with Crippen molar-refractivity contribution in [3.63, 3.8) is 0 Å². The van der Waals surface area contributed by atoms with Crippen molar-refractivity contribution < 1.29 is 0 Å². The summed E-state index contributed by atoms with van der Waals surface area (Å²) in [5, 5.41) is 3.50. The van der Waals surface area contributed by atoms with Crippen LogP contribution in [0.25, 0.3) is 0 Å². The molecule has 1 N–H and O–H groups in total. The van der Waals surface area contributed by atoms with E-state index in [1.165, 1.54) is 59.4 Å². The van der Waals surface area contributed by atoms with Crippen LogP contribution in [0.1, 0.15) is 94.7 Å². The molecule has 1 aromatic heterocycles. The number of rotatable bonds is 7. The summed E-state index contributed by atoms with van der Waals surface area (Å²) in [6.07, 6.45) is 12.5. The molecule has 211 valence electrons. The maximum Gasteiger partial charge on any atom is 0.0335 e. The van der Waals surface area contributed by atoms with Crippen molar-refractivity contribution in [2.45, 2.75) is 90.5 Å². The summed E-state index contributed by atoms with van der Waals surface area (Å²) in [6, 6.07) is 23.1. The van der Waals surface area contributed by atoms with Crippen LogP contribution < -0.4 is 5.32 Å². The Labute approximate surface area is 254 Å². The Kier molecular flexibility index (Phi) is 12.3. The number of nitrogens with zero attached hydrogens (tertiary/aromatic N) is 1. The first-order valence-electron chi connectivity index (χ1n) is 14.4. The second kappa shape index (κ2) is 14.8. The zero-order chi connectivity index (χ0) is 28.5. The predicted octanol–water partition coefficient (Wildman–Crippen LogP) is 8.15. The molecule has 0 saturated carbocycles. The summed E-state index contributed by atoms with van der Waals surface area (Å²) >= 11 is 7.04. The molecule has 1 radical (unpaired) electrons. The van der Waals surface area contributed by atoms with Gasteiger partial charge in [0.1, 0.15) is 0 Å². The third-order valence-electron chi connectivity index (χ3n) is 7.52. The number of aromatic nitrogens is 1. The van der Waals surface area contributed by atoms with E-state index in [2.05, 4.69) is 137 Å². The average Bonchev–Trinajstić information content (AvgIpc) is 2.92. The van der Waals surface area contributed by atoms with Gasteiger partial charge in [0.05, 0.1) is 0 Å². The Morgan fingerprint density at radius 3 is 1.69 bits per heavy atom. The van der Waals surface area contributed by atoms with E-state index in [0.29, 0.717) is 6.04 Å². The van der Waals surface area contributed by atoms with Crippen LogP contribution in [0.4, 0.5) is 0 Å². The molecule has 1 atom stereocenters. The molecule has 1 fully saturated rings. The normalized spacial score (nSPS) is 16.3. The maximum atomic E-state index is 4.12. The molecular formula is C34H48N2PSe2. The molecule has 0 unspecified atom stereocenters. The fourth-order valence-electron chi connectivity index (χ4n) is 4.77. The van der Waals surface area contributed by atoms with Gasteiger partial charge in [-0.05, 0) is 31.0 Å². The van der Waals surface area contributed by atoms with E-state index < -0.39 is 4.20 Å². The molecule has 2 heterocycles. The fraction of sp³-hybridized carbons (Fsp3) is 0.500. The van der Waals surface area contributed by atoms with Crippen LogP contribution in [0.3, 0.4) is 0 Å². The first-order valence-corrected chi connectivity index (χ1v) is 21.0. The smallest absolute Gasteiger partial charge is 0.0335 e. The first-order chi connectivity index (χ1) is 18.3. The Bertz CT molecular complexity index is 1110. The summed E-state index contributed by atoms with van der Waals surface area (Å²) in [5.41, 5.74) is 7.52. The number of hydrogen-bond acceptors (Lipinski definition) is 2. The molecule has 2 aromatic carbocycles. The Morgan fingerprint density at radius 1 is 0.795 bits per heavy atom. The SMILES string of the molecule is CC(C)(C)c1ccc(CCP([Se])(=[Se])CCc2ccc(C(C)(C)C)cc2)cc1.c1cncc([C@@H]2CCCCN2)c1. The van der Waals surface area contributed by atoms with Gasteiger partial charge < -0.3 is 5.32 Å². The van der Waals surface area contributed by atoms with Crippen molar-refractivity contribution in [1.82, 2.24) is 10.3 Å². The van der Waals surface area contributed by atoms with Crippen molar-refractivity contribution in [3.8, 4) is 0 Å². The monoisotopic (exact) mass is 675 g/mol. The minimum atomic E-state index is -1.11. The first kappa shape index (κ1) is 32.5. The van der Waals surface area contributed by atoms with E-state index in [1.54, 1.807) is 0 Å². The molecule has 1 aliphatic heterocycles. The molecule has 0 spiro atoms. The minimum Gasteiger partial charge on any atom is -0.310 e. The number of aryl methyl sites for hydroxylation is 2. The van der Waals surface area contributed by atoms with Gasteiger partial charge in [-0.2, -0.15) is 0 Å². The van der Waals surface area contributed by atoms with E-state index in [4.69, 9.17) is 0 Å². The number of benzene rings is 2. The van der Waals surface area contributed by atoms with E-state index >= 15 is 0 Å². The van der Waals surface area contributed by atoms with Crippen LogP contribution in [0.15, 0.2) is 73.1 Å². The molecule has 3 aromatic rings. The second-order valence-corrected chi connectivity index (χ2v) is 27.8. The zero-order valence-corrected chi connectivity index (χ0v) is 29.2. The van der Waals surface area contributed by atoms with Crippen LogP contribution in [-0.4, -0.2) is 54.5 Å². The summed E-state index contributed by atoms with van der Waals surface area (Å²) in [4.78, 5) is 4.12. The van der Waals surface area contributed by atoms with Gasteiger partial charge in [-0.15, -0.1) is 0 Å². The topological polar surface area (TPSA) is 24.9 Å². The fourth-order valence-corrected chi connectivity index (χ4v) is 8.49. The van der Waals surface area contributed by atoms with Gasteiger partial charge in [0.25, 0.3) is 0 Å². The van der Waals surface area contributed by atoms with Crippen LogP contribution in [0.2, 0.25) is 0 Å². The van der Waals surface area contributed by atoms with Gasteiger partial charge in [-0.25, -0.2) is 0 Å². The summed E-state index contributed by atoms with van der Waals surface area (Å²) < 4.78 is -1.11. The molecule has 2 nitrogen and oxygen atoms in total. The zero-order valence-electron chi connectivity index (χ0n) is 24.9. The maximum absolute atomic E-state index is 4.12. The number of hydrogen-bond donors (Lipinski definition) is 1. The summed E-state index contributed by atoms with van der Waals surface area (Å²) in [7, 11) is 0. The van der Waals surface area contributed by atoms with Crippen LogP contribution in [0.5, 0.6) is 0 Å². The molecule has 5 heteroatoms. The molecule has 0 aliphatic carbocycles. The Morgan fingerprint density at radius 2 is 1.31 bits per heavy atom. The Hall–Kier alpha value is -0.981. The van der Waals surface area contributed by atoms with Crippen molar-refractivity contribution in [2.24, 2.45) is 0 Å². The van der Waals surface area contributed by atoms with Crippen molar-refractivity contribution in [3.05, 3.63) is 101 Å². The Balaban J connectivity index is 0.000000289. The molecule has 4 rings (SSSR count). The predicted molar refractivity (Wildman–Crippen MR) is 175 cm³/mol. The molecule has 39 heavy (non-hydrogen) atoms. The number of nitrogens with one attached hydrogen (secondary N) is 1. The van der Waals surface area contributed by atoms with E-state index in [1.807, 2.05) is 18.5 Å². The van der Waals surface area contributed by atoms with E-state index in [0.717, 1.165) is 19.4 Å². The molecule has 1 aliphatic rings. The summed E-state index contributed by atoms with van der Waals surface area (Å²) in [5.74, 6) is 0. The number of piperidine rings is 1. The quantitative estimate of drug-likeness (QED) is 0.202. The third kappa shape index (κ3) is 11.4. The van der Waals surface area contributed by atoms with Gasteiger partial charge in [-0.3, -0.25) is 4.98 Å². The largest absolute Gasteiger partial charge is 0.310 e. The standard InChI is InChI=1S/C24H34PSe2.C10H14N2/c1-23(2,3)21-11-7-19(8-12-21)15-17-25(26,27)18-16-20-9-13-22(14-10-20)24(4,5)6;1-2-7-12-10(5-1)9-4-3-6-11-8-9/h7-14H,15-18H2,1-6H3;3-4,6,8,10,12H,1-2,5,7H2/t;10-/m.0/s1. The number of pyridine rings is 1. The van der Waals surface area contributed by atoms with Crippen molar-refractivity contribution in [1.29, 1.82) is 0 Å². The average molecular weight is 674 g/mol. The van der Waals surface area contributed by atoms with E-state index in [-0.39, 0.29) is 10.8 Å². The van der Waals surface area contributed by atoms with Gasteiger partial charge in [0.15, 0.2) is 0 Å². The van der Waals surface area contributed by atoms with Gasteiger partial charge >= 0.3 is 183 Å². The second-order valence-electron chi connectivity index (χ2n) is 12.9. The van der Waals surface area contributed by atoms with Crippen molar-refractivity contribution in [2.75, 3.05) is 18.9 Å². The van der Waals surface area contributed by atoms with Gasteiger partial charge in [-0.1, -0.05) is 12.5 Å². The molecule has 0 bridgehead atoms. The van der Waals surface area contributed by atoms with Crippen LogP contribution in [0, 0.1) is 0 Å². The van der Waals surface area contributed by atoms with Crippen LogP contribution >= 0.6 is 4.20 Å². The third-order valence-corrected chi connectivity index (χ3v) is 13.9. The molecular weight excluding hydrogens is 625 g/mol. The van der Waals surface area contributed by atoms with Gasteiger partial charge in [0, 0.05) is 18.4 Å².